The van der Waals surface area contributed by atoms with Crippen LogP contribution in [0.5, 0.6) is 5.88 Å². The van der Waals surface area contributed by atoms with Gasteiger partial charge < -0.3 is 15.4 Å². The van der Waals surface area contributed by atoms with E-state index < -0.39 is 0 Å². The van der Waals surface area contributed by atoms with E-state index >= 15 is 0 Å². The quantitative estimate of drug-likeness (QED) is 0.732. The van der Waals surface area contributed by atoms with Crippen molar-refractivity contribution in [3.05, 3.63) is 53.7 Å². The molecule has 1 aromatic heterocycles. The average molecular weight is 342 g/mol. The van der Waals surface area contributed by atoms with Gasteiger partial charge in [-0.05, 0) is 18.6 Å². The Morgan fingerprint density at radius 2 is 1.88 bits per heavy atom. The Kier molecular flexibility index (Phi) is 6.89. The van der Waals surface area contributed by atoms with E-state index in [-0.39, 0.29) is 17.0 Å². The number of nitrogens with zero attached hydrogens (tertiary/aromatic N) is 2. The van der Waals surface area contributed by atoms with Gasteiger partial charge in [-0.3, -0.25) is 4.79 Å². The van der Waals surface area contributed by atoms with Crippen LogP contribution in [0.15, 0.2) is 42.5 Å². The summed E-state index contributed by atoms with van der Waals surface area (Å²) < 4.78 is 5.72. The number of hydrogen-bond acceptors (Lipinski definition) is 5. The lowest BCUT2D eigenvalue weighted by molar-refractivity contribution is 0.0949. The zero-order valence-electron chi connectivity index (χ0n) is 15.1. The van der Waals surface area contributed by atoms with E-state index in [1.165, 1.54) is 5.56 Å². The van der Waals surface area contributed by atoms with E-state index in [1.807, 2.05) is 25.1 Å². The van der Waals surface area contributed by atoms with Gasteiger partial charge in [0, 0.05) is 31.1 Å². The van der Waals surface area contributed by atoms with Crippen molar-refractivity contribution < 1.29 is 9.53 Å². The summed E-state index contributed by atoms with van der Waals surface area (Å²) in [6.45, 7) is 8.81. The summed E-state index contributed by atoms with van der Waals surface area (Å²) in [5.74, 6) is 0.191. The zero-order valence-corrected chi connectivity index (χ0v) is 15.1. The molecule has 25 heavy (non-hydrogen) atoms. The van der Waals surface area contributed by atoms with Gasteiger partial charge in [-0.15, -0.1) is 10.2 Å². The summed E-state index contributed by atoms with van der Waals surface area (Å²) in [6.07, 6.45) is 0. The fourth-order valence-corrected chi connectivity index (χ4v) is 2.23. The highest BCUT2D eigenvalue weighted by atomic mass is 16.5. The summed E-state index contributed by atoms with van der Waals surface area (Å²) in [5.41, 5.74) is 1.48. The first kappa shape index (κ1) is 18.9. The molecule has 1 amide bonds. The predicted molar refractivity (Wildman–Crippen MR) is 97.5 cm³/mol. The molecule has 1 heterocycles. The van der Waals surface area contributed by atoms with Crippen LogP contribution >= 0.6 is 0 Å². The number of carbonyl (C=O) groups excluding carboxylic acids is 1. The number of hydrogen-bond donors (Lipinski definition) is 2. The monoisotopic (exact) mass is 342 g/mol. The Labute approximate surface area is 149 Å². The first-order valence-corrected chi connectivity index (χ1v) is 8.49. The van der Waals surface area contributed by atoms with Crippen LogP contribution in [0.1, 0.15) is 36.8 Å². The van der Waals surface area contributed by atoms with Gasteiger partial charge in [0.05, 0.1) is 6.61 Å². The number of nitrogens with one attached hydrogen (secondary N) is 2. The molecular formula is C19H26N4O2. The molecule has 0 bridgehead atoms. The molecule has 0 aliphatic carbocycles. The number of rotatable bonds is 9. The van der Waals surface area contributed by atoms with Crippen molar-refractivity contribution in [1.82, 2.24) is 20.8 Å². The average Bonchev–Trinajstić information content (AvgIpc) is 2.61. The summed E-state index contributed by atoms with van der Waals surface area (Å²) in [6, 6.07) is 13.6. The molecule has 0 unspecified atom stereocenters. The summed E-state index contributed by atoms with van der Waals surface area (Å²) in [7, 11) is 0. The molecule has 134 valence electrons. The highest BCUT2D eigenvalue weighted by Crippen LogP contribution is 2.16. The molecule has 2 rings (SSSR count). The largest absolute Gasteiger partial charge is 0.476 e. The van der Waals surface area contributed by atoms with Crippen molar-refractivity contribution in [3.63, 3.8) is 0 Å². The van der Waals surface area contributed by atoms with Gasteiger partial charge in [0.25, 0.3) is 5.91 Å². The summed E-state index contributed by atoms with van der Waals surface area (Å²) >= 11 is 0. The molecule has 6 nitrogen and oxygen atoms in total. The topological polar surface area (TPSA) is 76.1 Å². The van der Waals surface area contributed by atoms with Crippen molar-refractivity contribution >= 4 is 5.91 Å². The Morgan fingerprint density at radius 1 is 1.12 bits per heavy atom. The lowest BCUT2D eigenvalue weighted by Crippen LogP contribution is -2.34. The molecule has 2 aromatic rings. The van der Waals surface area contributed by atoms with Crippen molar-refractivity contribution in [2.45, 2.75) is 27.3 Å². The van der Waals surface area contributed by atoms with Crippen molar-refractivity contribution in [1.29, 1.82) is 0 Å². The molecule has 0 atom stereocenters. The minimum Gasteiger partial charge on any atom is -0.476 e. The van der Waals surface area contributed by atoms with Gasteiger partial charge in [-0.25, -0.2) is 0 Å². The highest BCUT2D eigenvalue weighted by Gasteiger charge is 2.19. The van der Waals surface area contributed by atoms with Gasteiger partial charge in [0.1, 0.15) is 0 Å². The van der Waals surface area contributed by atoms with Crippen LogP contribution < -0.4 is 15.4 Å². The second-order valence-corrected chi connectivity index (χ2v) is 6.66. The maximum atomic E-state index is 11.6. The number of benzene rings is 1. The van der Waals surface area contributed by atoms with E-state index in [4.69, 9.17) is 4.74 Å². The standard InChI is InChI=1S/C19H26N4O2/c1-4-21-18(24)16-10-11-17(23-22-16)25-14-19(2,3)13-20-12-15-8-6-5-7-9-15/h5-11,20H,4,12-14H2,1-3H3,(H,21,24). The highest BCUT2D eigenvalue weighted by molar-refractivity contribution is 5.91. The molecule has 0 aliphatic rings. The van der Waals surface area contributed by atoms with Crippen molar-refractivity contribution in [2.24, 2.45) is 5.41 Å². The molecule has 6 heteroatoms. The number of aromatic nitrogens is 2. The fourth-order valence-electron chi connectivity index (χ4n) is 2.23. The molecule has 0 aliphatic heterocycles. The molecule has 0 saturated carbocycles. The molecule has 0 radical (unpaired) electrons. The lowest BCUT2D eigenvalue weighted by Gasteiger charge is -2.24. The Hall–Kier alpha value is -2.47. The van der Waals surface area contributed by atoms with E-state index in [2.05, 4.69) is 46.8 Å². The minimum absolute atomic E-state index is 0.0608. The van der Waals surface area contributed by atoms with Crippen LogP contribution in [-0.4, -0.2) is 35.8 Å². The van der Waals surface area contributed by atoms with E-state index in [1.54, 1.807) is 12.1 Å². The maximum Gasteiger partial charge on any atom is 0.271 e. The van der Waals surface area contributed by atoms with E-state index in [9.17, 15) is 4.79 Å². The Bertz CT molecular complexity index is 657. The third-order valence-electron chi connectivity index (χ3n) is 3.60. The van der Waals surface area contributed by atoms with Crippen LogP contribution in [0, 0.1) is 5.41 Å². The van der Waals surface area contributed by atoms with E-state index in [0.717, 1.165) is 13.1 Å². The van der Waals surface area contributed by atoms with Crippen LogP contribution in [-0.2, 0) is 6.54 Å². The lowest BCUT2D eigenvalue weighted by atomic mass is 9.95. The van der Waals surface area contributed by atoms with Crippen LogP contribution in [0.25, 0.3) is 0 Å². The minimum atomic E-state index is -0.230. The second kappa shape index (κ2) is 9.13. The molecule has 1 aromatic carbocycles. The van der Waals surface area contributed by atoms with Crippen LogP contribution in [0.2, 0.25) is 0 Å². The first-order valence-electron chi connectivity index (χ1n) is 8.49. The predicted octanol–water partition coefficient (Wildman–Crippen LogP) is 2.42. The van der Waals surface area contributed by atoms with Gasteiger partial charge >= 0.3 is 0 Å². The summed E-state index contributed by atoms with van der Waals surface area (Å²) in [4.78, 5) is 11.6. The number of amides is 1. The zero-order chi connectivity index (χ0) is 18.1. The molecule has 0 saturated heterocycles. The SMILES string of the molecule is CCNC(=O)c1ccc(OCC(C)(C)CNCc2ccccc2)nn1. The molecule has 0 fully saturated rings. The fraction of sp³-hybridized carbons (Fsp3) is 0.421. The normalized spacial score (nSPS) is 11.2. The molecular weight excluding hydrogens is 316 g/mol. The molecule has 0 spiro atoms. The van der Waals surface area contributed by atoms with Gasteiger partial charge in [0.15, 0.2) is 5.69 Å². The third kappa shape index (κ3) is 6.51. The van der Waals surface area contributed by atoms with Gasteiger partial charge in [0.2, 0.25) is 5.88 Å². The number of ether oxygens (including phenoxy) is 1. The first-order chi connectivity index (χ1) is 12.0. The van der Waals surface area contributed by atoms with E-state index in [0.29, 0.717) is 19.0 Å². The second-order valence-electron chi connectivity index (χ2n) is 6.66. The smallest absolute Gasteiger partial charge is 0.271 e. The van der Waals surface area contributed by atoms with Crippen molar-refractivity contribution in [3.8, 4) is 5.88 Å². The Balaban J connectivity index is 1.77. The van der Waals surface area contributed by atoms with Crippen LogP contribution in [0.3, 0.4) is 0 Å². The third-order valence-corrected chi connectivity index (χ3v) is 3.60. The summed E-state index contributed by atoms with van der Waals surface area (Å²) in [5, 5.41) is 14.0. The van der Waals surface area contributed by atoms with Crippen LogP contribution in [0.4, 0.5) is 0 Å². The number of carbonyl (C=O) groups is 1. The Morgan fingerprint density at radius 3 is 2.52 bits per heavy atom. The van der Waals surface area contributed by atoms with Crippen molar-refractivity contribution in [2.75, 3.05) is 19.7 Å². The molecule has 2 N–H and O–H groups in total. The van der Waals surface area contributed by atoms with Gasteiger partial charge in [-0.2, -0.15) is 0 Å². The maximum absolute atomic E-state index is 11.6. The van der Waals surface area contributed by atoms with Gasteiger partial charge in [-0.1, -0.05) is 44.2 Å².